The first kappa shape index (κ1) is 20.7. The molecule has 1 saturated heterocycles. The first-order chi connectivity index (χ1) is 13.3. The molecule has 1 fully saturated rings. The van der Waals surface area contributed by atoms with Crippen LogP contribution in [0.25, 0.3) is 0 Å². The molecule has 0 N–H and O–H groups in total. The van der Waals surface area contributed by atoms with Crippen molar-refractivity contribution in [3.05, 3.63) is 59.1 Å². The lowest BCUT2D eigenvalue weighted by Gasteiger charge is -2.32. The van der Waals surface area contributed by atoms with Gasteiger partial charge in [0.25, 0.3) is 10.0 Å². The number of rotatable bonds is 5. The largest absolute Gasteiger partial charge is 0.341 e. The van der Waals surface area contributed by atoms with Crippen molar-refractivity contribution >= 4 is 33.2 Å². The normalized spacial score (nSPS) is 15.5. The highest BCUT2D eigenvalue weighted by atomic mass is 35.5. The van der Waals surface area contributed by atoms with E-state index in [9.17, 15) is 13.2 Å². The summed E-state index contributed by atoms with van der Waals surface area (Å²) in [7, 11) is -3.89. The summed E-state index contributed by atoms with van der Waals surface area (Å²) in [6.45, 7) is 5.17. The van der Waals surface area contributed by atoms with Gasteiger partial charge in [-0.15, -0.1) is 0 Å². The molecule has 0 saturated carbocycles. The lowest BCUT2D eigenvalue weighted by molar-refractivity contribution is -0.130. The van der Waals surface area contributed by atoms with E-state index in [-0.39, 0.29) is 17.3 Å². The number of sulfonamides is 1. The zero-order valence-electron chi connectivity index (χ0n) is 16.1. The topological polar surface area (TPSA) is 57.7 Å². The number of piperidine rings is 1. The molecule has 2 aromatic rings. The molecule has 1 aliphatic rings. The molecule has 0 bridgehead atoms. The lowest BCUT2D eigenvalue weighted by atomic mass is 9.99. The third-order valence-corrected chi connectivity index (χ3v) is 7.18. The van der Waals surface area contributed by atoms with Crippen LogP contribution < -0.4 is 4.31 Å². The Labute approximate surface area is 172 Å². The Bertz CT molecular complexity index is 919. The molecule has 1 amide bonds. The van der Waals surface area contributed by atoms with Crippen LogP contribution >= 0.6 is 11.6 Å². The van der Waals surface area contributed by atoms with Crippen LogP contribution in [0.3, 0.4) is 0 Å². The van der Waals surface area contributed by atoms with Crippen molar-refractivity contribution < 1.29 is 13.2 Å². The fourth-order valence-corrected chi connectivity index (χ4v) is 4.78. The van der Waals surface area contributed by atoms with E-state index in [1.807, 2.05) is 6.92 Å². The molecule has 3 rings (SSSR count). The minimum atomic E-state index is -3.89. The first-order valence-electron chi connectivity index (χ1n) is 9.40. The van der Waals surface area contributed by atoms with Gasteiger partial charge < -0.3 is 4.90 Å². The van der Waals surface area contributed by atoms with Crippen molar-refractivity contribution in [1.29, 1.82) is 0 Å². The highest BCUT2D eigenvalue weighted by Gasteiger charge is 2.30. The zero-order valence-corrected chi connectivity index (χ0v) is 17.7. The quantitative estimate of drug-likeness (QED) is 0.731. The van der Waals surface area contributed by atoms with Gasteiger partial charge in [0.1, 0.15) is 6.54 Å². The molecule has 0 atom stereocenters. The molecule has 5 nitrogen and oxygen atoms in total. The second-order valence-corrected chi connectivity index (χ2v) is 9.66. The van der Waals surface area contributed by atoms with Crippen molar-refractivity contribution in [3.63, 3.8) is 0 Å². The minimum Gasteiger partial charge on any atom is -0.341 e. The number of halogens is 1. The first-order valence-corrected chi connectivity index (χ1v) is 11.2. The zero-order chi connectivity index (χ0) is 20.3. The fourth-order valence-electron chi connectivity index (χ4n) is 3.24. The number of benzene rings is 2. The van der Waals surface area contributed by atoms with Crippen LogP contribution in [0.5, 0.6) is 0 Å². The number of hydrogen-bond donors (Lipinski definition) is 0. The smallest absolute Gasteiger partial charge is 0.264 e. The van der Waals surface area contributed by atoms with E-state index in [2.05, 4.69) is 6.92 Å². The van der Waals surface area contributed by atoms with Crippen LogP contribution in [-0.4, -0.2) is 38.9 Å². The number of anilines is 1. The number of nitrogens with zero attached hydrogens (tertiary/aromatic N) is 2. The lowest BCUT2D eigenvalue weighted by Crippen LogP contribution is -2.45. The predicted octanol–water partition coefficient (Wildman–Crippen LogP) is 4.10. The van der Waals surface area contributed by atoms with Gasteiger partial charge in [0.15, 0.2) is 0 Å². The third-order valence-electron chi connectivity index (χ3n) is 5.14. The van der Waals surface area contributed by atoms with Crippen LogP contribution in [0.15, 0.2) is 53.4 Å². The maximum absolute atomic E-state index is 13.3. The monoisotopic (exact) mass is 420 g/mol. The Hall–Kier alpha value is -2.05. The van der Waals surface area contributed by atoms with Gasteiger partial charge in [-0.2, -0.15) is 0 Å². The van der Waals surface area contributed by atoms with E-state index in [1.165, 1.54) is 4.31 Å². The second-order valence-electron chi connectivity index (χ2n) is 7.36. The van der Waals surface area contributed by atoms with Crippen molar-refractivity contribution in [1.82, 2.24) is 4.90 Å². The number of amides is 1. The van der Waals surface area contributed by atoms with Crippen LogP contribution in [0.1, 0.15) is 25.3 Å². The number of carbonyl (C=O) groups is 1. The Morgan fingerprint density at radius 3 is 2.21 bits per heavy atom. The van der Waals surface area contributed by atoms with Gasteiger partial charge in [-0.1, -0.05) is 36.2 Å². The number of likely N-dealkylation sites (tertiary alicyclic amines) is 1. The Balaban J connectivity index is 1.92. The summed E-state index contributed by atoms with van der Waals surface area (Å²) in [4.78, 5) is 14.8. The molecular formula is C21H25ClN2O3S. The summed E-state index contributed by atoms with van der Waals surface area (Å²) < 4.78 is 27.8. The summed E-state index contributed by atoms with van der Waals surface area (Å²) in [6, 6.07) is 13.1. The Morgan fingerprint density at radius 2 is 1.64 bits per heavy atom. The molecular weight excluding hydrogens is 396 g/mol. The summed E-state index contributed by atoms with van der Waals surface area (Å²) in [5, 5.41) is 0.507. The maximum atomic E-state index is 13.3. The Kier molecular flexibility index (Phi) is 6.30. The molecule has 1 aliphatic heterocycles. The molecule has 1 heterocycles. The average Bonchev–Trinajstić information content (AvgIpc) is 2.67. The molecule has 28 heavy (non-hydrogen) atoms. The van der Waals surface area contributed by atoms with Gasteiger partial charge >= 0.3 is 0 Å². The molecule has 7 heteroatoms. The summed E-state index contributed by atoms with van der Waals surface area (Å²) in [6.07, 6.45) is 1.88. The van der Waals surface area contributed by atoms with E-state index < -0.39 is 10.0 Å². The van der Waals surface area contributed by atoms with Crippen LogP contribution in [0.4, 0.5) is 5.69 Å². The number of aryl methyl sites for hydroxylation is 1. The van der Waals surface area contributed by atoms with E-state index in [4.69, 9.17) is 11.6 Å². The van der Waals surface area contributed by atoms with Crippen molar-refractivity contribution in [2.24, 2.45) is 5.92 Å². The van der Waals surface area contributed by atoms with E-state index in [1.54, 1.807) is 53.4 Å². The highest BCUT2D eigenvalue weighted by Crippen LogP contribution is 2.26. The van der Waals surface area contributed by atoms with Crippen LogP contribution in [0.2, 0.25) is 5.02 Å². The predicted molar refractivity (Wildman–Crippen MR) is 112 cm³/mol. The van der Waals surface area contributed by atoms with Gasteiger partial charge in [0.2, 0.25) is 5.91 Å². The van der Waals surface area contributed by atoms with Gasteiger partial charge in [-0.3, -0.25) is 9.10 Å². The molecule has 0 spiro atoms. The summed E-state index contributed by atoms with van der Waals surface area (Å²) in [5.41, 5.74) is 1.39. The van der Waals surface area contributed by atoms with E-state index >= 15 is 0 Å². The van der Waals surface area contributed by atoms with Crippen LogP contribution in [0, 0.1) is 12.8 Å². The molecule has 150 valence electrons. The molecule has 0 unspecified atom stereocenters. The molecule has 0 aromatic heterocycles. The van der Waals surface area contributed by atoms with Gasteiger partial charge in [0.05, 0.1) is 10.6 Å². The minimum absolute atomic E-state index is 0.160. The van der Waals surface area contributed by atoms with E-state index in [0.29, 0.717) is 29.7 Å². The standard InChI is InChI=1S/C21H25ClN2O3S/c1-16-3-9-20(10-4-16)28(26,27)24(19-7-5-18(22)6-8-19)15-21(25)23-13-11-17(2)12-14-23/h3-10,17H,11-15H2,1-2H3. The summed E-state index contributed by atoms with van der Waals surface area (Å²) in [5.74, 6) is 0.408. The van der Waals surface area contributed by atoms with Crippen molar-refractivity contribution in [3.8, 4) is 0 Å². The summed E-state index contributed by atoms with van der Waals surface area (Å²) >= 11 is 5.96. The van der Waals surface area contributed by atoms with Crippen molar-refractivity contribution in [2.45, 2.75) is 31.6 Å². The second kappa shape index (κ2) is 8.53. The number of carbonyl (C=O) groups excluding carboxylic acids is 1. The van der Waals surface area contributed by atoms with Gasteiger partial charge in [-0.05, 0) is 62.1 Å². The molecule has 2 aromatic carbocycles. The van der Waals surface area contributed by atoms with Gasteiger partial charge in [-0.25, -0.2) is 8.42 Å². The Morgan fingerprint density at radius 1 is 1.07 bits per heavy atom. The van der Waals surface area contributed by atoms with Crippen LogP contribution in [-0.2, 0) is 14.8 Å². The average molecular weight is 421 g/mol. The van der Waals surface area contributed by atoms with Gasteiger partial charge in [0, 0.05) is 18.1 Å². The van der Waals surface area contributed by atoms with Crippen molar-refractivity contribution in [2.75, 3.05) is 23.9 Å². The van der Waals surface area contributed by atoms with E-state index in [0.717, 1.165) is 18.4 Å². The third kappa shape index (κ3) is 4.67. The fraction of sp³-hybridized carbons (Fsp3) is 0.381. The molecule has 0 aliphatic carbocycles. The maximum Gasteiger partial charge on any atom is 0.264 e. The SMILES string of the molecule is Cc1ccc(S(=O)(=O)N(CC(=O)N2CCC(C)CC2)c2ccc(Cl)cc2)cc1. The highest BCUT2D eigenvalue weighted by molar-refractivity contribution is 7.92. The molecule has 0 radical (unpaired) electrons. The number of hydrogen-bond acceptors (Lipinski definition) is 3.